The molecule has 2 atom stereocenters. The van der Waals surface area contributed by atoms with Gasteiger partial charge in [0.25, 0.3) is 0 Å². The number of nitrogens with zero attached hydrogens (tertiary/aromatic N) is 3. The molecule has 0 bridgehead atoms. The molecule has 0 spiro atoms. The zero-order chi connectivity index (χ0) is 24.4. The van der Waals surface area contributed by atoms with Crippen LogP contribution in [-0.4, -0.2) is 32.6 Å². The van der Waals surface area contributed by atoms with E-state index in [0.717, 1.165) is 28.1 Å². The predicted octanol–water partition coefficient (Wildman–Crippen LogP) is 5.36. The Bertz CT molecular complexity index is 1340. The van der Waals surface area contributed by atoms with Gasteiger partial charge in [-0.1, -0.05) is 60.3 Å². The maximum Gasteiger partial charge on any atom is 0.240 e. The fourth-order valence-corrected chi connectivity index (χ4v) is 5.13. The summed E-state index contributed by atoms with van der Waals surface area (Å²) in [4.78, 5) is 13.5. The highest BCUT2D eigenvalue weighted by atomic mass is 32.2. The van der Waals surface area contributed by atoms with E-state index in [0.29, 0.717) is 17.6 Å². The molecule has 1 aliphatic heterocycles. The third-order valence-corrected chi connectivity index (χ3v) is 7.27. The van der Waals surface area contributed by atoms with Gasteiger partial charge in [0.1, 0.15) is 11.0 Å². The van der Waals surface area contributed by atoms with E-state index in [4.69, 9.17) is 4.74 Å². The molecular formula is C27H27N5O2S. The Morgan fingerprint density at radius 1 is 1.03 bits per heavy atom. The molecule has 3 aromatic carbocycles. The SMILES string of the molecule is CCOc1ccc([C@@H]2Nn3c(nnc3-c3ccccc3)S[C@H]2C(=O)Nc2ccc(C)c(C)c2)cc1. The van der Waals surface area contributed by atoms with E-state index in [1.54, 1.807) is 0 Å². The standard InChI is InChI=1S/C27H27N5O2S/c1-4-34-22-14-11-19(12-15-22)23-24(26(33)28-21-13-10-17(2)18(3)16-21)35-27-30-29-25(32(27)31-23)20-8-6-5-7-9-20/h5-16,23-24,31H,4H2,1-3H3,(H,28,33)/t23-,24+/m0/s1. The third-order valence-electron chi connectivity index (χ3n) is 6.05. The molecule has 1 aromatic heterocycles. The number of hydrogen-bond donors (Lipinski definition) is 2. The maximum absolute atomic E-state index is 13.5. The fraction of sp³-hybridized carbons (Fsp3) is 0.222. The smallest absolute Gasteiger partial charge is 0.240 e. The molecule has 4 aromatic rings. The Balaban J connectivity index is 1.49. The quantitative estimate of drug-likeness (QED) is 0.383. The van der Waals surface area contributed by atoms with Crippen LogP contribution in [0.2, 0.25) is 0 Å². The van der Waals surface area contributed by atoms with Crippen molar-refractivity contribution in [1.29, 1.82) is 0 Å². The Morgan fingerprint density at radius 2 is 1.80 bits per heavy atom. The van der Waals surface area contributed by atoms with Gasteiger partial charge < -0.3 is 15.5 Å². The highest BCUT2D eigenvalue weighted by Crippen LogP contribution is 2.39. The van der Waals surface area contributed by atoms with Gasteiger partial charge in [-0.3, -0.25) is 4.79 Å². The molecule has 1 aliphatic rings. The summed E-state index contributed by atoms with van der Waals surface area (Å²) < 4.78 is 7.49. The summed E-state index contributed by atoms with van der Waals surface area (Å²) in [5.74, 6) is 1.41. The van der Waals surface area contributed by atoms with Crippen molar-refractivity contribution in [1.82, 2.24) is 14.9 Å². The number of carbonyl (C=O) groups excluding carboxylic acids is 1. The number of thioether (sulfide) groups is 1. The summed E-state index contributed by atoms with van der Waals surface area (Å²) in [6.45, 7) is 6.65. The lowest BCUT2D eigenvalue weighted by molar-refractivity contribution is -0.116. The number of amides is 1. The molecule has 0 saturated carbocycles. The highest BCUT2D eigenvalue weighted by molar-refractivity contribution is 8.00. The van der Waals surface area contributed by atoms with E-state index in [2.05, 4.69) is 27.9 Å². The molecule has 8 heteroatoms. The van der Waals surface area contributed by atoms with Crippen LogP contribution in [-0.2, 0) is 4.79 Å². The van der Waals surface area contributed by atoms with Crippen LogP contribution in [0.15, 0.2) is 78.0 Å². The normalized spacial score (nSPS) is 16.8. The Morgan fingerprint density at radius 3 is 2.51 bits per heavy atom. The van der Waals surface area contributed by atoms with Crippen LogP contribution in [0.1, 0.15) is 29.7 Å². The summed E-state index contributed by atoms with van der Waals surface area (Å²) in [6, 6.07) is 23.4. The highest BCUT2D eigenvalue weighted by Gasteiger charge is 2.38. The van der Waals surface area contributed by atoms with Gasteiger partial charge >= 0.3 is 0 Å². The monoisotopic (exact) mass is 485 g/mol. The molecule has 5 rings (SSSR count). The summed E-state index contributed by atoms with van der Waals surface area (Å²) in [5, 5.41) is 12.1. The first-order chi connectivity index (χ1) is 17.0. The lowest BCUT2D eigenvalue weighted by Crippen LogP contribution is -2.41. The van der Waals surface area contributed by atoms with Crippen LogP contribution in [0.25, 0.3) is 11.4 Å². The first kappa shape index (κ1) is 23.0. The third kappa shape index (κ3) is 4.74. The molecule has 0 aliphatic carbocycles. The average molecular weight is 486 g/mol. The fourth-order valence-electron chi connectivity index (χ4n) is 4.05. The summed E-state index contributed by atoms with van der Waals surface area (Å²) in [7, 11) is 0. The Labute approximate surface area is 208 Å². The molecule has 178 valence electrons. The number of carbonyl (C=O) groups is 1. The number of benzene rings is 3. The van der Waals surface area contributed by atoms with Crippen LogP contribution >= 0.6 is 11.8 Å². The average Bonchev–Trinajstić information content (AvgIpc) is 3.30. The molecule has 2 N–H and O–H groups in total. The van der Waals surface area contributed by atoms with E-state index >= 15 is 0 Å². The molecular weight excluding hydrogens is 458 g/mol. The minimum absolute atomic E-state index is 0.0971. The van der Waals surface area contributed by atoms with E-state index in [-0.39, 0.29) is 11.9 Å². The molecule has 7 nitrogen and oxygen atoms in total. The summed E-state index contributed by atoms with van der Waals surface area (Å²) >= 11 is 1.41. The van der Waals surface area contributed by atoms with Crippen LogP contribution in [0, 0.1) is 13.8 Å². The van der Waals surface area contributed by atoms with Gasteiger partial charge in [-0.05, 0) is 61.7 Å². The van der Waals surface area contributed by atoms with Crippen molar-refractivity contribution in [2.45, 2.75) is 37.2 Å². The minimum Gasteiger partial charge on any atom is -0.494 e. The van der Waals surface area contributed by atoms with Crippen molar-refractivity contribution in [2.75, 3.05) is 17.3 Å². The van der Waals surface area contributed by atoms with Gasteiger partial charge in [0.2, 0.25) is 11.1 Å². The molecule has 0 fully saturated rings. The van der Waals surface area contributed by atoms with Gasteiger partial charge in [-0.2, -0.15) is 0 Å². The first-order valence-electron chi connectivity index (χ1n) is 11.6. The Hall–Kier alpha value is -3.78. The molecule has 1 amide bonds. The number of aromatic nitrogens is 3. The second-order valence-electron chi connectivity index (χ2n) is 8.44. The second-order valence-corrected chi connectivity index (χ2v) is 9.55. The second kappa shape index (κ2) is 9.84. The van der Waals surface area contributed by atoms with Crippen LogP contribution in [0.3, 0.4) is 0 Å². The molecule has 0 saturated heterocycles. The molecule has 35 heavy (non-hydrogen) atoms. The summed E-state index contributed by atoms with van der Waals surface area (Å²) in [5.41, 5.74) is 8.53. The largest absolute Gasteiger partial charge is 0.494 e. The first-order valence-corrected chi connectivity index (χ1v) is 12.5. The Kier molecular flexibility index (Phi) is 6.46. The zero-order valence-corrected chi connectivity index (χ0v) is 20.7. The lowest BCUT2D eigenvalue weighted by Gasteiger charge is -2.33. The van der Waals surface area contributed by atoms with E-state index < -0.39 is 5.25 Å². The molecule has 2 heterocycles. The van der Waals surface area contributed by atoms with Crippen LogP contribution < -0.4 is 15.5 Å². The van der Waals surface area contributed by atoms with Crippen molar-refractivity contribution in [3.63, 3.8) is 0 Å². The van der Waals surface area contributed by atoms with Crippen molar-refractivity contribution in [3.8, 4) is 17.1 Å². The van der Waals surface area contributed by atoms with Crippen LogP contribution in [0.4, 0.5) is 5.69 Å². The van der Waals surface area contributed by atoms with Gasteiger partial charge in [0, 0.05) is 11.3 Å². The van der Waals surface area contributed by atoms with Crippen LogP contribution in [0.5, 0.6) is 5.75 Å². The number of fused-ring (bicyclic) bond motifs is 1. The van der Waals surface area contributed by atoms with Crippen molar-refractivity contribution < 1.29 is 9.53 Å². The van der Waals surface area contributed by atoms with Gasteiger partial charge in [-0.15, -0.1) is 10.2 Å². The minimum atomic E-state index is -0.463. The van der Waals surface area contributed by atoms with Gasteiger partial charge in [0.05, 0.1) is 12.6 Å². The number of nitrogens with one attached hydrogen (secondary N) is 2. The van der Waals surface area contributed by atoms with E-state index in [1.807, 2.05) is 91.3 Å². The molecule has 0 radical (unpaired) electrons. The topological polar surface area (TPSA) is 81.1 Å². The molecule has 0 unspecified atom stereocenters. The maximum atomic E-state index is 13.5. The lowest BCUT2D eigenvalue weighted by atomic mass is 10.0. The van der Waals surface area contributed by atoms with E-state index in [1.165, 1.54) is 17.3 Å². The van der Waals surface area contributed by atoms with Crippen molar-refractivity contribution >= 4 is 23.4 Å². The van der Waals surface area contributed by atoms with Gasteiger partial charge in [-0.25, -0.2) is 4.68 Å². The number of ether oxygens (including phenoxy) is 1. The van der Waals surface area contributed by atoms with Crippen molar-refractivity contribution in [2.24, 2.45) is 0 Å². The van der Waals surface area contributed by atoms with E-state index in [9.17, 15) is 4.79 Å². The number of aryl methyl sites for hydroxylation is 2. The van der Waals surface area contributed by atoms with Gasteiger partial charge in [0.15, 0.2) is 5.82 Å². The number of hydrogen-bond acceptors (Lipinski definition) is 6. The zero-order valence-electron chi connectivity index (χ0n) is 19.9. The van der Waals surface area contributed by atoms with Crippen molar-refractivity contribution in [3.05, 3.63) is 89.5 Å². The predicted molar refractivity (Wildman–Crippen MR) is 139 cm³/mol. The number of anilines is 1. The number of rotatable bonds is 6. The summed E-state index contributed by atoms with van der Waals surface area (Å²) in [6.07, 6.45) is 0.